The second-order valence-electron chi connectivity index (χ2n) is 8.20. The Hall–Kier alpha value is -2.44. The molecule has 0 radical (unpaired) electrons. The molecule has 5 nitrogen and oxygen atoms in total. The van der Waals surface area contributed by atoms with Crippen LogP contribution in [-0.2, 0) is 4.74 Å². The van der Waals surface area contributed by atoms with Crippen molar-refractivity contribution < 1.29 is 14.3 Å². The molecule has 0 saturated carbocycles. The van der Waals surface area contributed by atoms with E-state index >= 15 is 0 Å². The van der Waals surface area contributed by atoms with Crippen molar-refractivity contribution in [2.75, 3.05) is 24.7 Å². The average Bonchev–Trinajstić information content (AvgIpc) is 3.42. The fourth-order valence-corrected chi connectivity index (χ4v) is 5.05. The summed E-state index contributed by atoms with van der Waals surface area (Å²) in [7, 11) is 0. The van der Waals surface area contributed by atoms with Gasteiger partial charge < -0.3 is 9.47 Å². The summed E-state index contributed by atoms with van der Waals surface area (Å²) in [6.45, 7) is 8.27. The van der Waals surface area contributed by atoms with Gasteiger partial charge in [-0.15, -0.1) is 0 Å². The molecule has 1 saturated heterocycles. The lowest BCUT2D eigenvalue weighted by Gasteiger charge is -2.23. The molecule has 1 aliphatic heterocycles. The summed E-state index contributed by atoms with van der Waals surface area (Å²) in [5.74, 6) is 0.741. The molecule has 164 valence electrons. The second-order valence-corrected chi connectivity index (χ2v) is 9.21. The predicted octanol–water partition coefficient (Wildman–Crippen LogP) is 5.92. The van der Waals surface area contributed by atoms with Gasteiger partial charge in [-0.3, -0.25) is 9.69 Å². The van der Waals surface area contributed by atoms with E-state index in [2.05, 4.69) is 32.9 Å². The van der Waals surface area contributed by atoms with E-state index in [-0.39, 0.29) is 12.0 Å². The lowest BCUT2D eigenvalue weighted by Crippen LogP contribution is -2.37. The first kappa shape index (κ1) is 21.8. The lowest BCUT2D eigenvalue weighted by molar-refractivity contribution is 0.0917. The maximum absolute atomic E-state index is 13.5. The van der Waals surface area contributed by atoms with Gasteiger partial charge in [0.05, 0.1) is 29.5 Å². The molecule has 0 aliphatic carbocycles. The molecule has 1 amide bonds. The molecule has 1 aliphatic rings. The fourth-order valence-electron chi connectivity index (χ4n) is 3.90. The van der Waals surface area contributed by atoms with Crippen molar-refractivity contribution in [3.8, 4) is 5.75 Å². The van der Waals surface area contributed by atoms with Crippen LogP contribution in [-0.4, -0.2) is 36.8 Å². The van der Waals surface area contributed by atoms with Crippen molar-refractivity contribution in [1.29, 1.82) is 0 Å². The molecule has 31 heavy (non-hydrogen) atoms. The van der Waals surface area contributed by atoms with Crippen LogP contribution in [0.4, 0.5) is 5.13 Å². The normalized spacial score (nSPS) is 16.0. The number of aromatic nitrogens is 1. The van der Waals surface area contributed by atoms with Gasteiger partial charge in [0.1, 0.15) is 5.75 Å². The van der Waals surface area contributed by atoms with E-state index in [9.17, 15) is 4.79 Å². The summed E-state index contributed by atoms with van der Waals surface area (Å²) in [5, 5.41) is 0.729. The van der Waals surface area contributed by atoms with Crippen LogP contribution >= 0.6 is 11.3 Å². The number of thiazole rings is 1. The van der Waals surface area contributed by atoms with Gasteiger partial charge in [-0.25, -0.2) is 4.98 Å². The van der Waals surface area contributed by atoms with E-state index in [4.69, 9.17) is 14.5 Å². The van der Waals surface area contributed by atoms with Gasteiger partial charge in [-0.2, -0.15) is 0 Å². The van der Waals surface area contributed by atoms with Crippen molar-refractivity contribution in [2.24, 2.45) is 0 Å². The quantitative estimate of drug-likeness (QED) is 0.410. The van der Waals surface area contributed by atoms with Crippen molar-refractivity contribution in [2.45, 2.75) is 52.6 Å². The minimum Gasteiger partial charge on any atom is -0.494 e. The summed E-state index contributed by atoms with van der Waals surface area (Å²) in [5.41, 5.74) is 3.94. The van der Waals surface area contributed by atoms with Crippen LogP contribution in [0.2, 0.25) is 0 Å². The van der Waals surface area contributed by atoms with Gasteiger partial charge in [-0.1, -0.05) is 30.7 Å². The minimum absolute atomic E-state index is 0.0513. The highest BCUT2D eigenvalue weighted by Crippen LogP contribution is 2.33. The molecule has 1 aromatic heterocycles. The van der Waals surface area contributed by atoms with Crippen molar-refractivity contribution in [1.82, 2.24) is 4.98 Å². The summed E-state index contributed by atoms with van der Waals surface area (Å²) in [6.07, 6.45) is 4.17. The Labute approximate surface area is 188 Å². The van der Waals surface area contributed by atoms with E-state index in [1.807, 2.05) is 24.3 Å². The number of ether oxygens (including phenoxy) is 2. The van der Waals surface area contributed by atoms with E-state index < -0.39 is 0 Å². The third-order valence-electron chi connectivity index (χ3n) is 5.57. The van der Waals surface area contributed by atoms with Gasteiger partial charge in [-0.05, 0) is 74.6 Å². The summed E-state index contributed by atoms with van der Waals surface area (Å²) in [4.78, 5) is 20.2. The molecule has 3 aromatic rings. The lowest BCUT2D eigenvalue weighted by atomic mass is 10.1. The Morgan fingerprint density at radius 1 is 1.26 bits per heavy atom. The van der Waals surface area contributed by atoms with E-state index in [1.165, 1.54) is 5.56 Å². The topological polar surface area (TPSA) is 51.7 Å². The van der Waals surface area contributed by atoms with Crippen LogP contribution < -0.4 is 9.64 Å². The van der Waals surface area contributed by atoms with E-state index in [1.54, 1.807) is 16.2 Å². The number of hydrogen-bond donors (Lipinski definition) is 0. The van der Waals surface area contributed by atoms with E-state index in [0.29, 0.717) is 18.7 Å². The van der Waals surface area contributed by atoms with Crippen molar-refractivity contribution in [3.05, 3.63) is 53.1 Å². The first-order valence-corrected chi connectivity index (χ1v) is 11.9. The molecule has 1 unspecified atom stereocenters. The highest BCUT2D eigenvalue weighted by Gasteiger charge is 2.27. The molecule has 6 heteroatoms. The Morgan fingerprint density at radius 3 is 2.77 bits per heavy atom. The molecule has 0 spiro atoms. The summed E-state index contributed by atoms with van der Waals surface area (Å²) >= 11 is 1.57. The first-order valence-electron chi connectivity index (χ1n) is 11.1. The Balaban J connectivity index is 1.61. The van der Waals surface area contributed by atoms with Crippen LogP contribution in [0.3, 0.4) is 0 Å². The highest BCUT2D eigenvalue weighted by atomic mass is 32.1. The number of amides is 1. The zero-order valence-corrected chi connectivity index (χ0v) is 19.3. The van der Waals surface area contributed by atoms with Crippen LogP contribution in [0.15, 0.2) is 36.4 Å². The third-order valence-corrected chi connectivity index (χ3v) is 6.60. The number of carbonyl (C=O) groups is 1. The second kappa shape index (κ2) is 9.79. The predicted molar refractivity (Wildman–Crippen MR) is 127 cm³/mol. The maximum atomic E-state index is 13.5. The van der Waals surface area contributed by atoms with Crippen LogP contribution in [0.5, 0.6) is 5.75 Å². The van der Waals surface area contributed by atoms with Gasteiger partial charge in [0, 0.05) is 12.2 Å². The van der Waals surface area contributed by atoms with Crippen molar-refractivity contribution >= 4 is 32.6 Å². The monoisotopic (exact) mass is 438 g/mol. The molecule has 2 heterocycles. The zero-order chi connectivity index (χ0) is 21.8. The first-order chi connectivity index (χ1) is 15.0. The molecule has 4 rings (SSSR count). The number of rotatable bonds is 8. The summed E-state index contributed by atoms with van der Waals surface area (Å²) < 4.78 is 12.7. The number of nitrogens with zero attached hydrogens (tertiary/aromatic N) is 2. The molecule has 0 bridgehead atoms. The van der Waals surface area contributed by atoms with Crippen LogP contribution in [0.1, 0.15) is 54.1 Å². The molecule has 0 N–H and O–H groups in total. The van der Waals surface area contributed by atoms with Crippen LogP contribution in [0.25, 0.3) is 10.2 Å². The third kappa shape index (κ3) is 5.08. The number of carbonyl (C=O) groups excluding carboxylic acids is 1. The number of hydrogen-bond acceptors (Lipinski definition) is 5. The van der Waals surface area contributed by atoms with Gasteiger partial charge >= 0.3 is 0 Å². The number of anilines is 1. The summed E-state index contributed by atoms with van der Waals surface area (Å²) in [6, 6.07) is 11.7. The molecular formula is C25H30N2O3S. The number of fused-ring (bicyclic) bond motifs is 1. The molecular weight excluding hydrogens is 408 g/mol. The van der Waals surface area contributed by atoms with Gasteiger partial charge in [0.25, 0.3) is 5.91 Å². The maximum Gasteiger partial charge on any atom is 0.260 e. The average molecular weight is 439 g/mol. The standard InChI is InChI=1S/C25H30N2O3S/c1-4-5-12-29-20-10-8-19(9-11-20)24(28)27(16-21-7-6-13-30-21)25-26-23-18(3)14-17(2)15-22(23)31-25/h8-11,14-15,21H,4-7,12-13,16H2,1-3H3. The molecule has 1 atom stereocenters. The minimum atomic E-state index is -0.0518. The van der Waals surface area contributed by atoms with Gasteiger partial charge in [0.2, 0.25) is 0 Å². The SMILES string of the molecule is CCCCOc1ccc(C(=O)N(CC2CCCO2)c2nc3c(C)cc(C)cc3s2)cc1. The molecule has 1 fully saturated rings. The fraction of sp³-hybridized carbons (Fsp3) is 0.440. The molecule has 2 aromatic carbocycles. The Bertz CT molecular complexity index is 1040. The number of benzene rings is 2. The largest absolute Gasteiger partial charge is 0.494 e. The van der Waals surface area contributed by atoms with Gasteiger partial charge in [0.15, 0.2) is 5.13 Å². The Morgan fingerprint density at radius 2 is 2.06 bits per heavy atom. The number of unbranched alkanes of at least 4 members (excludes halogenated alkanes) is 1. The number of aryl methyl sites for hydroxylation is 2. The Kier molecular flexibility index (Phi) is 6.88. The smallest absolute Gasteiger partial charge is 0.260 e. The zero-order valence-electron chi connectivity index (χ0n) is 18.5. The van der Waals surface area contributed by atoms with Crippen LogP contribution in [0, 0.1) is 13.8 Å². The van der Waals surface area contributed by atoms with Crippen molar-refractivity contribution in [3.63, 3.8) is 0 Å². The van der Waals surface area contributed by atoms with E-state index in [0.717, 1.165) is 59.0 Å². The highest BCUT2D eigenvalue weighted by molar-refractivity contribution is 7.22.